The van der Waals surface area contributed by atoms with E-state index in [-0.39, 0.29) is 5.95 Å². The molecule has 0 bridgehead atoms. The number of benzene rings is 1. The number of anilines is 2. The second-order valence-electron chi connectivity index (χ2n) is 5.80. The van der Waals surface area contributed by atoms with Crippen LogP contribution in [0.15, 0.2) is 36.7 Å². The molecule has 0 aliphatic carbocycles. The third kappa shape index (κ3) is 2.36. The van der Waals surface area contributed by atoms with Gasteiger partial charge < -0.3 is 15.6 Å². The lowest BCUT2D eigenvalue weighted by atomic mass is 9.99. The van der Waals surface area contributed by atoms with Gasteiger partial charge in [0.05, 0.1) is 6.33 Å². The van der Waals surface area contributed by atoms with Crippen LogP contribution < -0.4 is 10.6 Å². The fourth-order valence-electron chi connectivity index (χ4n) is 3.20. The molecule has 3 aromatic rings. The summed E-state index contributed by atoms with van der Waals surface area (Å²) in [4.78, 5) is 18.2. The van der Waals surface area contributed by atoms with E-state index < -0.39 is 0 Å². The Hall–Kier alpha value is -2.63. The van der Waals surface area contributed by atoms with Gasteiger partial charge in [0.1, 0.15) is 5.52 Å². The number of nitrogens with one attached hydrogen (secondary N) is 1. The average molecular weight is 294 g/mol. The predicted octanol–water partition coefficient (Wildman–Crippen LogP) is 2.00. The monoisotopic (exact) mass is 294 g/mol. The molecule has 0 radical (unpaired) electrons. The molecule has 6 heteroatoms. The SMILES string of the molecule is Nc1nc(N2CC[C@H](Cc3ccccc3)C2)c2[nH]cnc2n1. The van der Waals surface area contributed by atoms with E-state index in [2.05, 4.69) is 55.2 Å². The van der Waals surface area contributed by atoms with E-state index >= 15 is 0 Å². The summed E-state index contributed by atoms with van der Waals surface area (Å²) in [5, 5.41) is 0. The number of nitrogens with zero attached hydrogens (tertiary/aromatic N) is 4. The lowest BCUT2D eigenvalue weighted by molar-refractivity contribution is 0.586. The second kappa shape index (κ2) is 5.29. The van der Waals surface area contributed by atoms with Gasteiger partial charge in [-0.05, 0) is 24.3 Å². The molecular formula is C16H18N6. The van der Waals surface area contributed by atoms with Crippen molar-refractivity contribution in [3.8, 4) is 0 Å². The van der Waals surface area contributed by atoms with Crippen molar-refractivity contribution in [2.45, 2.75) is 12.8 Å². The molecule has 0 spiro atoms. The van der Waals surface area contributed by atoms with E-state index in [1.807, 2.05) is 0 Å². The smallest absolute Gasteiger partial charge is 0.224 e. The molecular weight excluding hydrogens is 276 g/mol. The van der Waals surface area contributed by atoms with Gasteiger partial charge >= 0.3 is 0 Å². The fourth-order valence-corrected chi connectivity index (χ4v) is 3.20. The van der Waals surface area contributed by atoms with E-state index in [0.29, 0.717) is 11.6 Å². The molecule has 4 rings (SSSR count). The largest absolute Gasteiger partial charge is 0.368 e. The van der Waals surface area contributed by atoms with Crippen LogP contribution in [0, 0.1) is 5.92 Å². The van der Waals surface area contributed by atoms with Crippen molar-refractivity contribution in [3.63, 3.8) is 0 Å². The van der Waals surface area contributed by atoms with Gasteiger partial charge in [-0.3, -0.25) is 0 Å². The zero-order valence-electron chi connectivity index (χ0n) is 12.2. The lowest BCUT2D eigenvalue weighted by Crippen LogP contribution is -2.22. The van der Waals surface area contributed by atoms with Crippen LogP contribution in [-0.4, -0.2) is 33.0 Å². The van der Waals surface area contributed by atoms with Crippen molar-refractivity contribution in [1.29, 1.82) is 0 Å². The maximum absolute atomic E-state index is 5.81. The van der Waals surface area contributed by atoms with Crippen LogP contribution in [-0.2, 0) is 6.42 Å². The third-order valence-corrected chi connectivity index (χ3v) is 4.24. The molecule has 0 unspecified atom stereocenters. The summed E-state index contributed by atoms with van der Waals surface area (Å²) in [6.07, 6.45) is 3.90. The van der Waals surface area contributed by atoms with E-state index in [1.54, 1.807) is 6.33 Å². The number of H-pyrrole nitrogens is 1. The Kier molecular flexibility index (Phi) is 3.14. The van der Waals surface area contributed by atoms with E-state index in [1.165, 1.54) is 5.56 Å². The molecule has 2 aromatic heterocycles. The zero-order valence-corrected chi connectivity index (χ0v) is 12.2. The number of hydrogen-bond donors (Lipinski definition) is 2. The summed E-state index contributed by atoms with van der Waals surface area (Å²) in [5.74, 6) is 1.79. The molecule has 1 aliphatic heterocycles. The lowest BCUT2D eigenvalue weighted by Gasteiger charge is -2.18. The molecule has 1 fully saturated rings. The van der Waals surface area contributed by atoms with Gasteiger partial charge in [0.15, 0.2) is 11.5 Å². The predicted molar refractivity (Wildman–Crippen MR) is 86.6 cm³/mol. The summed E-state index contributed by atoms with van der Waals surface area (Å²) in [6.45, 7) is 1.97. The molecule has 112 valence electrons. The van der Waals surface area contributed by atoms with Crippen LogP contribution in [0.5, 0.6) is 0 Å². The maximum atomic E-state index is 5.81. The highest BCUT2D eigenvalue weighted by atomic mass is 15.2. The Labute approximate surface area is 128 Å². The minimum Gasteiger partial charge on any atom is -0.368 e. The van der Waals surface area contributed by atoms with Crippen LogP contribution in [0.3, 0.4) is 0 Å². The van der Waals surface area contributed by atoms with Crippen LogP contribution in [0.1, 0.15) is 12.0 Å². The topological polar surface area (TPSA) is 83.7 Å². The zero-order chi connectivity index (χ0) is 14.9. The standard InChI is InChI=1S/C16H18N6/c17-16-20-14-13(18-10-19-14)15(21-16)22-7-6-12(9-22)8-11-4-2-1-3-5-11/h1-5,10,12H,6-9H2,(H3,17,18,19,20,21)/t12-/m1/s1. The Morgan fingerprint density at radius 1 is 1.23 bits per heavy atom. The van der Waals surface area contributed by atoms with Crippen LogP contribution in [0.25, 0.3) is 11.2 Å². The average Bonchev–Trinajstić information content (AvgIpc) is 3.16. The Balaban J connectivity index is 1.56. The number of nitrogen functional groups attached to an aromatic ring is 1. The van der Waals surface area contributed by atoms with Gasteiger partial charge in [0, 0.05) is 13.1 Å². The molecule has 1 atom stereocenters. The first-order valence-electron chi connectivity index (χ1n) is 7.55. The highest BCUT2D eigenvalue weighted by Crippen LogP contribution is 2.29. The molecule has 22 heavy (non-hydrogen) atoms. The number of fused-ring (bicyclic) bond motifs is 1. The number of nitrogens with two attached hydrogens (primary N) is 1. The van der Waals surface area contributed by atoms with E-state index in [9.17, 15) is 0 Å². The summed E-state index contributed by atoms with van der Waals surface area (Å²) in [6, 6.07) is 10.6. The van der Waals surface area contributed by atoms with Crippen LogP contribution >= 0.6 is 0 Å². The first-order chi connectivity index (χ1) is 10.8. The summed E-state index contributed by atoms with van der Waals surface area (Å²) in [7, 11) is 0. The van der Waals surface area contributed by atoms with Crippen molar-refractivity contribution in [2.75, 3.05) is 23.7 Å². The number of rotatable bonds is 3. The first kappa shape index (κ1) is 13.1. The third-order valence-electron chi connectivity index (χ3n) is 4.24. The quantitative estimate of drug-likeness (QED) is 0.772. The van der Waals surface area contributed by atoms with E-state index in [4.69, 9.17) is 5.73 Å². The number of aromatic nitrogens is 4. The molecule has 3 heterocycles. The number of hydrogen-bond acceptors (Lipinski definition) is 5. The minimum atomic E-state index is 0.279. The van der Waals surface area contributed by atoms with Crippen LogP contribution in [0.2, 0.25) is 0 Å². The molecule has 0 saturated carbocycles. The van der Waals surface area contributed by atoms with Crippen molar-refractivity contribution in [2.24, 2.45) is 5.92 Å². The first-order valence-corrected chi connectivity index (χ1v) is 7.55. The molecule has 3 N–H and O–H groups in total. The molecule has 1 saturated heterocycles. The summed E-state index contributed by atoms with van der Waals surface area (Å²) in [5.41, 5.74) is 8.70. The Morgan fingerprint density at radius 3 is 2.95 bits per heavy atom. The highest BCUT2D eigenvalue weighted by Gasteiger charge is 2.26. The highest BCUT2D eigenvalue weighted by molar-refractivity contribution is 5.84. The maximum Gasteiger partial charge on any atom is 0.224 e. The van der Waals surface area contributed by atoms with Crippen molar-refractivity contribution < 1.29 is 0 Å². The summed E-state index contributed by atoms with van der Waals surface area (Å²) >= 11 is 0. The van der Waals surface area contributed by atoms with Crippen molar-refractivity contribution in [1.82, 2.24) is 19.9 Å². The van der Waals surface area contributed by atoms with Gasteiger partial charge in [-0.15, -0.1) is 0 Å². The van der Waals surface area contributed by atoms with Gasteiger partial charge in [0.25, 0.3) is 0 Å². The molecule has 1 aliphatic rings. The van der Waals surface area contributed by atoms with Gasteiger partial charge in [0.2, 0.25) is 5.95 Å². The molecule has 0 amide bonds. The minimum absolute atomic E-state index is 0.279. The van der Waals surface area contributed by atoms with E-state index in [0.717, 1.165) is 37.3 Å². The summed E-state index contributed by atoms with van der Waals surface area (Å²) < 4.78 is 0. The van der Waals surface area contributed by atoms with Crippen molar-refractivity contribution >= 4 is 22.9 Å². The normalized spacial score (nSPS) is 18.2. The molecule has 6 nitrogen and oxygen atoms in total. The Bertz CT molecular complexity index is 782. The number of aromatic amines is 1. The number of imidazole rings is 1. The molecule has 1 aromatic carbocycles. The Morgan fingerprint density at radius 2 is 2.09 bits per heavy atom. The van der Waals surface area contributed by atoms with Gasteiger partial charge in [-0.1, -0.05) is 30.3 Å². The van der Waals surface area contributed by atoms with Crippen LogP contribution in [0.4, 0.5) is 11.8 Å². The second-order valence-corrected chi connectivity index (χ2v) is 5.80. The fraction of sp³-hybridized carbons (Fsp3) is 0.312. The van der Waals surface area contributed by atoms with Gasteiger partial charge in [-0.2, -0.15) is 9.97 Å². The van der Waals surface area contributed by atoms with Crippen molar-refractivity contribution in [3.05, 3.63) is 42.2 Å². The van der Waals surface area contributed by atoms with Gasteiger partial charge in [-0.25, -0.2) is 4.98 Å².